The lowest BCUT2D eigenvalue weighted by Gasteiger charge is -2.48. The highest BCUT2D eigenvalue weighted by molar-refractivity contribution is 5.09. The summed E-state index contributed by atoms with van der Waals surface area (Å²) < 4.78 is 10.3. The van der Waals surface area contributed by atoms with Crippen molar-refractivity contribution in [3.05, 3.63) is 0 Å². The smallest absolute Gasteiger partial charge is 0.170 e. The predicted molar refractivity (Wildman–Crippen MR) is 39.7 cm³/mol. The van der Waals surface area contributed by atoms with Crippen LogP contribution >= 0.6 is 0 Å². The van der Waals surface area contributed by atoms with E-state index in [1.807, 2.05) is 6.92 Å². The van der Waals surface area contributed by atoms with Crippen molar-refractivity contribution >= 4 is 0 Å². The maximum absolute atomic E-state index is 8.71. The zero-order valence-electron chi connectivity index (χ0n) is 7.18. The second-order valence-electron chi connectivity index (χ2n) is 3.34. The largest absolute Gasteiger partial charge is 0.353 e. The van der Waals surface area contributed by atoms with Crippen molar-refractivity contribution in [3.8, 4) is 6.07 Å². The highest BCUT2D eigenvalue weighted by Gasteiger charge is 2.53. The number of nitriles is 1. The van der Waals surface area contributed by atoms with Crippen LogP contribution in [0.25, 0.3) is 0 Å². The van der Waals surface area contributed by atoms with Gasteiger partial charge in [0, 0.05) is 27.1 Å². The number of ether oxygens (including phenoxy) is 2. The number of hydrogen-bond donors (Lipinski definition) is 0. The van der Waals surface area contributed by atoms with Crippen LogP contribution in [0.15, 0.2) is 0 Å². The third kappa shape index (κ3) is 1.24. The van der Waals surface area contributed by atoms with E-state index in [9.17, 15) is 0 Å². The Morgan fingerprint density at radius 2 is 1.73 bits per heavy atom. The maximum Gasteiger partial charge on any atom is 0.170 e. The summed E-state index contributed by atoms with van der Waals surface area (Å²) in [5, 5.41) is 8.71. The van der Waals surface area contributed by atoms with Crippen LogP contribution in [0.5, 0.6) is 0 Å². The molecule has 0 amide bonds. The van der Waals surface area contributed by atoms with E-state index in [1.54, 1.807) is 14.2 Å². The van der Waals surface area contributed by atoms with Gasteiger partial charge in [0.05, 0.1) is 11.5 Å². The van der Waals surface area contributed by atoms with Crippen molar-refractivity contribution in [3.63, 3.8) is 0 Å². The van der Waals surface area contributed by atoms with E-state index < -0.39 is 5.79 Å². The first-order valence-corrected chi connectivity index (χ1v) is 3.61. The molecular weight excluding hydrogens is 142 g/mol. The van der Waals surface area contributed by atoms with E-state index in [2.05, 4.69) is 6.07 Å². The summed E-state index contributed by atoms with van der Waals surface area (Å²) in [5.41, 5.74) is -0.244. The fourth-order valence-corrected chi connectivity index (χ4v) is 1.59. The first-order chi connectivity index (χ1) is 5.10. The van der Waals surface area contributed by atoms with Crippen molar-refractivity contribution in [1.29, 1.82) is 5.26 Å². The summed E-state index contributed by atoms with van der Waals surface area (Å²) >= 11 is 0. The Bertz CT molecular complexity index is 183. The van der Waals surface area contributed by atoms with Crippen LogP contribution in [0.4, 0.5) is 0 Å². The summed E-state index contributed by atoms with van der Waals surface area (Å²) in [6.07, 6.45) is 1.34. The van der Waals surface area contributed by atoms with Crippen molar-refractivity contribution in [2.45, 2.75) is 25.6 Å². The van der Waals surface area contributed by atoms with Crippen LogP contribution in [-0.2, 0) is 9.47 Å². The van der Waals surface area contributed by atoms with E-state index in [4.69, 9.17) is 14.7 Å². The van der Waals surface area contributed by atoms with E-state index in [-0.39, 0.29) is 5.41 Å². The standard InChI is InChI=1S/C8H13NO2/c1-7(6-9)4-8(5-7,10-2)11-3/h4-5H2,1-3H3. The Hall–Kier alpha value is -0.590. The predicted octanol–water partition coefficient (Wildman–Crippen LogP) is 1.30. The molecule has 3 heteroatoms. The second kappa shape index (κ2) is 2.47. The molecule has 1 fully saturated rings. The average molecular weight is 155 g/mol. The van der Waals surface area contributed by atoms with E-state index in [1.165, 1.54) is 0 Å². The van der Waals surface area contributed by atoms with Gasteiger partial charge in [-0.15, -0.1) is 0 Å². The molecule has 62 valence electrons. The summed E-state index contributed by atoms with van der Waals surface area (Å²) in [5.74, 6) is -0.482. The molecule has 0 heterocycles. The second-order valence-corrected chi connectivity index (χ2v) is 3.34. The summed E-state index contributed by atoms with van der Waals surface area (Å²) in [4.78, 5) is 0. The molecule has 0 radical (unpaired) electrons. The number of nitrogens with zero attached hydrogens (tertiary/aromatic N) is 1. The van der Waals surface area contributed by atoms with Crippen LogP contribution in [-0.4, -0.2) is 20.0 Å². The SMILES string of the molecule is COC1(OC)CC(C)(C#N)C1. The highest BCUT2D eigenvalue weighted by Crippen LogP contribution is 2.49. The Kier molecular flexibility index (Phi) is 1.91. The van der Waals surface area contributed by atoms with Gasteiger partial charge in [-0.05, 0) is 6.92 Å². The third-order valence-electron chi connectivity index (χ3n) is 2.33. The molecule has 0 aliphatic heterocycles. The zero-order chi connectivity index (χ0) is 8.54. The monoisotopic (exact) mass is 155 g/mol. The van der Waals surface area contributed by atoms with Crippen LogP contribution in [0.1, 0.15) is 19.8 Å². The first-order valence-electron chi connectivity index (χ1n) is 3.61. The van der Waals surface area contributed by atoms with Gasteiger partial charge in [-0.25, -0.2) is 0 Å². The van der Waals surface area contributed by atoms with Gasteiger partial charge in [-0.3, -0.25) is 0 Å². The third-order valence-corrected chi connectivity index (χ3v) is 2.33. The molecule has 0 spiro atoms. The van der Waals surface area contributed by atoms with Gasteiger partial charge >= 0.3 is 0 Å². The van der Waals surface area contributed by atoms with Crippen LogP contribution < -0.4 is 0 Å². The molecule has 0 aromatic carbocycles. The van der Waals surface area contributed by atoms with Gasteiger partial charge in [-0.1, -0.05) is 0 Å². The van der Waals surface area contributed by atoms with E-state index >= 15 is 0 Å². The van der Waals surface area contributed by atoms with E-state index in [0.29, 0.717) is 12.8 Å². The first kappa shape index (κ1) is 8.51. The Morgan fingerprint density at radius 1 is 1.27 bits per heavy atom. The lowest BCUT2D eigenvalue weighted by molar-refractivity contribution is -0.282. The van der Waals surface area contributed by atoms with Crippen molar-refractivity contribution in [2.24, 2.45) is 5.41 Å². The van der Waals surface area contributed by atoms with Gasteiger partial charge in [0.25, 0.3) is 0 Å². The average Bonchev–Trinajstić information content (AvgIpc) is 1.98. The molecule has 0 aromatic rings. The minimum atomic E-state index is -0.482. The molecule has 0 bridgehead atoms. The molecule has 3 nitrogen and oxygen atoms in total. The van der Waals surface area contributed by atoms with Crippen molar-refractivity contribution in [2.75, 3.05) is 14.2 Å². The Labute approximate surface area is 66.9 Å². The van der Waals surface area contributed by atoms with Gasteiger partial charge in [0.15, 0.2) is 5.79 Å². The van der Waals surface area contributed by atoms with Crippen molar-refractivity contribution in [1.82, 2.24) is 0 Å². The van der Waals surface area contributed by atoms with Crippen LogP contribution in [0.2, 0.25) is 0 Å². The molecule has 0 atom stereocenters. The molecule has 0 saturated heterocycles. The minimum Gasteiger partial charge on any atom is -0.353 e. The quantitative estimate of drug-likeness (QED) is 0.564. The topological polar surface area (TPSA) is 42.2 Å². The van der Waals surface area contributed by atoms with Gasteiger partial charge in [0.2, 0.25) is 0 Å². The molecule has 1 rings (SSSR count). The van der Waals surface area contributed by atoms with Gasteiger partial charge in [0.1, 0.15) is 0 Å². The Balaban J connectivity index is 2.56. The van der Waals surface area contributed by atoms with E-state index in [0.717, 1.165) is 0 Å². The molecule has 0 N–H and O–H groups in total. The minimum absolute atomic E-state index is 0.244. The fraction of sp³-hybridized carbons (Fsp3) is 0.875. The summed E-state index contributed by atoms with van der Waals surface area (Å²) in [6.45, 7) is 1.92. The molecule has 1 saturated carbocycles. The fourth-order valence-electron chi connectivity index (χ4n) is 1.59. The van der Waals surface area contributed by atoms with Crippen LogP contribution in [0.3, 0.4) is 0 Å². The summed E-state index contributed by atoms with van der Waals surface area (Å²) in [7, 11) is 3.22. The molecule has 0 aromatic heterocycles. The lowest BCUT2D eigenvalue weighted by Crippen LogP contribution is -2.52. The Morgan fingerprint density at radius 3 is 2.00 bits per heavy atom. The number of hydrogen-bond acceptors (Lipinski definition) is 3. The summed E-state index contributed by atoms with van der Waals surface area (Å²) in [6, 6.07) is 2.24. The van der Waals surface area contributed by atoms with Gasteiger partial charge < -0.3 is 9.47 Å². The maximum atomic E-state index is 8.71. The molecule has 0 unspecified atom stereocenters. The normalized spacial score (nSPS) is 25.3. The van der Waals surface area contributed by atoms with Crippen molar-refractivity contribution < 1.29 is 9.47 Å². The molecule has 11 heavy (non-hydrogen) atoms. The zero-order valence-corrected chi connectivity index (χ0v) is 7.18. The van der Waals surface area contributed by atoms with Gasteiger partial charge in [-0.2, -0.15) is 5.26 Å². The lowest BCUT2D eigenvalue weighted by atomic mass is 9.67. The molecular formula is C8H13NO2. The highest BCUT2D eigenvalue weighted by atomic mass is 16.7. The molecule has 1 aliphatic rings. The number of methoxy groups -OCH3 is 2. The molecule has 1 aliphatic carbocycles. The van der Waals surface area contributed by atoms with Crippen LogP contribution in [0, 0.1) is 16.7 Å². The number of rotatable bonds is 2.